The third-order valence-corrected chi connectivity index (χ3v) is 19.6. The number of rotatable bonds is 8. The molecular weight excluding hydrogens is 863 g/mol. The Morgan fingerprint density at radius 1 is 0.271 bits per heavy atom. The van der Waals surface area contributed by atoms with Gasteiger partial charge in [-0.3, -0.25) is 0 Å². The van der Waals surface area contributed by atoms with E-state index in [-0.39, 0.29) is 0 Å². The van der Waals surface area contributed by atoms with Crippen LogP contribution < -0.4 is 20.7 Å². The normalized spacial score (nSPS) is 12.0. The zero-order valence-corrected chi connectivity index (χ0v) is 39.3. The van der Waals surface area contributed by atoms with Crippen molar-refractivity contribution >= 4 is 94.2 Å². The number of nitrogens with zero attached hydrogens (tertiary/aromatic N) is 3. The molecule has 0 saturated heterocycles. The van der Waals surface area contributed by atoms with E-state index < -0.39 is 8.07 Å². The van der Waals surface area contributed by atoms with Crippen molar-refractivity contribution in [1.29, 1.82) is 0 Å². The molecular formula is C66H45N3Si. The van der Waals surface area contributed by atoms with Crippen LogP contribution in [0.15, 0.2) is 273 Å². The van der Waals surface area contributed by atoms with E-state index in [0.29, 0.717) is 0 Å². The van der Waals surface area contributed by atoms with E-state index in [2.05, 4.69) is 287 Å². The Labute approximate surface area is 407 Å². The SMILES string of the molecule is c1ccc(-c2ccccc2-n2c3ccc(-n4c5ccccc5c5ccccc54)cc3c3c(-n4c5ccccc5c5cccc([Si](c6ccccc6)(c6ccccc6)c6ccccc6)c54)cccc32)cc1. The first-order chi connectivity index (χ1) is 34.8. The second-order valence-electron chi connectivity index (χ2n) is 18.4. The number of aromatic nitrogens is 3. The molecule has 14 aromatic rings. The molecule has 0 spiro atoms. The molecule has 3 aromatic heterocycles. The van der Waals surface area contributed by atoms with Gasteiger partial charge in [-0.25, -0.2) is 0 Å². The predicted octanol–water partition coefficient (Wildman–Crippen LogP) is 14.0. The maximum atomic E-state index is 2.62. The average Bonchev–Trinajstić information content (AvgIpc) is 4.08. The summed E-state index contributed by atoms with van der Waals surface area (Å²) >= 11 is 0. The van der Waals surface area contributed by atoms with E-state index in [1.807, 2.05) is 0 Å². The van der Waals surface area contributed by atoms with Gasteiger partial charge in [0.2, 0.25) is 0 Å². The van der Waals surface area contributed by atoms with E-state index >= 15 is 0 Å². The second kappa shape index (κ2) is 16.1. The Morgan fingerprint density at radius 2 is 0.714 bits per heavy atom. The van der Waals surface area contributed by atoms with E-state index in [9.17, 15) is 0 Å². The van der Waals surface area contributed by atoms with E-state index in [1.165, 1.54) is 86.3 Å². The summed E-state index contributed by atoms with van der Waals surface area (Å²) in [5, 5.41) is 12.8. The van der Waals surface area contributed by atoms with Gasteiger partial charge in [-0.2, -0.15) is 0 Å². The number of benzene rings is 11. The fourth-order valence-corrected chi connectivity index (χ4v) is 16.9. The number of hydrogen-bond acceptors (Lipinski definition) is 0. The quantitative estimate of drug-likeness (QED) is 0.107. The van der Waals surface area contributed by atoms with Gasteiger partial charge in [0.05, 0.1) is 44.5 Å². The van der Waals surface area contributed by atoms with Crippen molar-refractivity contribution < 1.29 is 0 Å². The molecule has 0 aliphatic heterocycles. The molecule has 3 heterocycles. The number of para-hydroxylation sites is 5. The van der Waals surface area contributed by atoms with Crippen LogP contribution in [0.4, 0.5) is 0 Å². The zero-order chi connectivity index (χ0) is 46.2. The van der Waals surface area contributed by atoms with Crippen molar-refractivity contribution in [3.63, 3.8) is 0 Å². The summed E-state index contributed by atoms with van der Waals surface area (Å²) in [4.78, 5) is 0. The van der Waals surface area contributed by atoms with Crippen molar-refractivity contribution in [2.45, 2.75) is 0 Å². The van der Waals surface area contributed by atoms with E-state index in [4.69, 9.17) is 0 Å². The smallest absolute Gasteiger partial charge is 0.181 e. The van der Waals surface area contributed by atoms with Crippen LogP contribution in [-0.2, 0) is 0 Å². The van der Waals surface area contributed by atoms with E-state index in [1.54, 1.807) is 0 Å². The Bertz CT molecular complexity index is 4130. The van der Waals surface area contributed by atoms with Crippen LogP contribution in [0.25, 0.3) is 93.6 Å². The van der Waals surface area contributed by atoms with Crippen molar-refractivity contribution in [2.24, 2.45) is 0 Å². The van der Waals surface area contributed by atoms with Crippen LogP contribution in [0.5, 0.6) is 0 Å². The molecule has 0 aliphatic rings. The van der Waals surface area contributed by atoms with Crippen LogP contribution in [0.3, 0.4) is 0 Å². The molecule has 0 aliphatic carbocycles. The minimum Gasteiger partial charge on any atom is -0.309 e. The second-order valence-corrected chi connectivity index (χ2v) is 22.1. The Kier molecular flexibility index (Phi) is 9.23. The first-order valence-electron chi connectivity index (χ1n) is 24.2. The Balaban J connectivity index is 1.16. The predicted molar refractivity (Wildman–Crippen MR) is 299 cm³/mol. The molecule has 0 bridgehead atoms. The standard InChI is InChI=1S/C66H45N3Si/c1-5-23-46(24-6-1)51-31-13-17-36-57(51)68-61-44-43-47(67-58-37-18-14-32-52(58)53-33-15-19-38-59(53)67)45-56(61)65-62(68)40-22-41-63(65)69-60-39-20-16-34-54(60)55-35-21-42-64(66(55)69)70(48-25-7-2-8-26-48,49-27-9-3-10-28-49)50-29-11-4-12-30-50/h1-45H. The number of fused-ring (bicyclic) bond motifs is 9. The van der Waals surface area contributed by atoms with Gasteiger partial charge >= 0.3 is 0 Å². The highest BCUT2D eigenvalue weighted by Gasteiger charge is 2.43. The van der Waals surface area contributed by atoms with Crippen molar-refractivity contribution in [3.8, 4) is 28.2 Å². The summed E-state index contributed by atoms with van der Waals surface area (Å²) in [5.41, 5.74) is 12.9. The lowest BCUT2D eigenvalue weighted by atomic mass is 10.0. The van der Waals surface area contributed by atoms with Gasteiger partial charge in [-0.15, -0.1) is 0 Å². The lowest BCUT2D eigenvalue weighted by Crippen LogP contribution is -2.75. The molecule has 328 valence electrons. The van der Waals surface area contributed by atoms with Crippen LogP contribution in [-0.4, -0.2) is 21.8 Å². The summed E-state index contributed by atoms with van der Waals surface area (Å²) in [6.45, 7) is 0. The van der Waals surface area contributed by atoms with Crippen LogP contribution in [0.1, 0.15) is 0 Å². The molecule has 3 nitrogen and oxygen atoms in total. The van der Waals surface area contributed by atoms with Gasteiger partial charge in [0.25, 0.3) is 0 Å². The fourth-order valence-electron chi connectivity index (χ4n) is 12.0. The minimum absolute atomic E-state index is 1.13. The Hall–Kier alpha value is -8.96. The lowest BCUT2D eigenvalue weighted by molar-refractivity contribution is 1.16. The van der Waals surface area contributed by atoms with Crippen LogP contribution >= 0.6 is 0 Å². The maximum Gasteiger partial charge on any atom is 0.181 e. The van der Waals surface area contributed by atoms with Gasteiger partial charge in [0.1, 0.15) is 0 Å². The maximum absolute atomic E-state index is 3.03. The fraction of sp³-hybridized carbons (Fsp3) is 0. The third-order valence-electron chi connectivity index (χ3n) is 14.8. The van der Waals surface area contributed by atoms with Gasteiger partial charge in [0.15, 0.2) is 8.07 Å². The van der Waals surface area contributed by atoms with Gasteiger partial charge in [0, 0.05) is 43.6 Å². The van der Waals surface area contributed by atoms with Gasteiger partial charge < -0.3 is 13.7 Å². The minimum atomic E-state index is -3.03. The zero-order valence-electron chi connectivity index (χ0n) is 38.3. The Morgan fingerprint density at radius 3 is 1.33 bits per heavy atom. The largest absolute Gasteiger partial charge is 0.309 e. The molecule has 0 atom stereocenters. The molecule has 0 fully saturated rings. The van der Waals surface area contributed by atoms with Crippen LogP contribution in [0.2, 0.25) is 0 Å². The summed E-state index contributed by atoms with van der Waals surface area (Å²) in [6, 6.07) is 101. The highest BCUT2D eigenvalue weighted by molar-refractivity contribution is 7.20. The summed E-state index contributed by atoms with van der Waals surface area (Å²) in [7, 11) is -3.03. The molecule has 4 heteroatoms. The molecule has 0 amide bonds. The van der Waals surface area contributed by atoms with Gasteiger partial charge in [-0.1, -0.05) is 218 Å². The molecule has 70 heavy (non-hydrogen) atoms. The van der Waals surface area contributed by atoms with E-state index in [0.717, 1.165) is 28.1 Å². The lowest BCUT2D eigenvalue weighted by Gasteiger charge is -2.35. The molecule has 0 radical (unpaired) electrons. The first-order valence-corrected chi connectivity index (χ1v) is 26.2. The first kappa shape index (κ1) is 40.1. The highest BCUT2D eigenvalue weighted by Crippen LogP contribution is 2.43. The molecule has 0 N–H and O–H groups in total. The monoisotopic (exact) mass is 907 g/mol. The van der Waals surface area contributed by atoms with Crippen molar-refractivity contribution in [1.82, 2.24) is 13.7 Å². The van der Waals surface area contributed by atoms with Crippen molar-refractivity contribution in [2.75, 3.05) is 0 Å². The summed E-state index contributed by atoms with van der Waals surface area (Å²) in [5.74, 6) is 0. The molecule has 14 rings (SSSR count). The molecule has 0 saturated carbocycles. The molecule has 0 unspecified atom stereocenters. The average molecular weight is 908 g/mol. The van der Waals surface area contributed by atoms with Crippen LogP contribution in [0, 0.1) is 0 Å². The number of hydrogen-bond donors (Lipinski definition) is 0. The third kappa shape index (κ3) is 5.87. The van der Waals surface area contributed by atoms with Crippen molar-refractivity contribution in [3.05, 3.63) is 273 Å². The topological polar surface area (TPSA) is 14.8 Å². The van der Waals surface area contributed by atoms with Gasteiger partial charge in [-0.05, 0) is 80.9 Å². The highest BCUT2D eigenvalue weighted by atomic mass is 28.3. The summed E-state index contributed by atoms with van der Waals surface area (Å²) < 4.78 is 7.59. The summed E-state index contributed by atoms with van der Waals surface area (Å²) in [6.07, 6.45) is 0. The molecule has 11 aromatic carbocycles.